The molecule has 0 aliphatic rings. The summed E-state index contributed by atoms with van der Waals surface area (Å²) in [5.74, 6) is 0. The zero-order valence-electron chi connectivity index (χ0n) is 9.65. The molecule has 0 aliphatic heterocycles. The summed E-state index contributed by atoms with van der Waals surface area (Å²) in [4.78, 5) is 10.5. The molecule has 15 heavy (non-hydrogen) atoms. The van der Waals surface area contributed by atoms with Crippen LogP contribution in [-0.4, -0.2) is 19.6 Å². The van der Waals surface area contributed by atoms with Crippen LogP contribution in [0.3, 0.4) is 0 Å². The standard InChI is InChI=1S/C9H12N2OS.C2H6/c1-11(13-2)9-5-7(6-12)3-4-8(9)10;1-2/h3-6H,10H2,1-2H3;1-2H3. The highest BCUT2D eigenvalue weighted by molar-refractivity contribution is 7.99. The Morgan fingerprint density at radius 3 is 2.47 bits per heavy atom. The van der Waals surface area contributed by atoms with E-state index in [0.717, 1.165) is 12.0 Å². The molecule has 0 saturated carbocycles. The minimum Gasteiger partial charge on any atom is -0.397 e. The van der Waals surface area contributed by atoms with E-state index in [0.29, 0.717) is 11.3 Å². The molecular weight excluding hydrogens is 208 g/mol. The average Bonchev–Trinajstić information content (AvgIpc) is 2.31. The number of hydrogen-bond donors (Lipinski definition) is 1. The first-order valence-corrected chi connectivity index (χ1v) is 5.99. The minimum atomic E-state index is 0.644. The summed E-state index contributed by atoms with van der Waals surface area (Å²) in [6.07, 6.45) is 2.77. The highest BCUT2D eigenvalue weighted by Gasteiger charge is 2.04. The third kappa shape index (κ3) is 3.83. The maximum atomic E-state index is 10.5. The Kier molecular flexibility index (Phi) is 6.62. The van der Waals surface area contributed by atoms with Crippen LogP contribution in [0.2, 0.25) is 0 Å². The normalized spacial score (nSPS) is 8.80. The Labute approximate surface area is 95.8 Å². The van der Waals surface area contributed by atoms with Crippen molar-refractivity contribution in [1.29, 1.82) is 0 Å². The summed E-state index contributed by atoms with van der Waals surface area (Å²) >= 11 is 1.55. The molecule has 0 aliphatic carbocycles. The van der Waals surface area contributed by atoms with E-state index in [1.54, 1.807) is 30.1 Å². The van der Waals surface area contributed by atoms with E-state index in [1.807, 2.05) is 31.5 Å². The molecule has 2 N–H and O–H groups in total. The summed E-state index contributed by atoms with van der Waals surface area (Å²) < 4.78 is 1.92. The zero-order chi connectivity index (χ0) is 11.8. The summed E-state index contributed by atoms with van der Waals surface area (Å²) in [5.41, 5.74) is 7.95. The van der Waals surface area contributed by atoms with E-state index in [-0.39, 0.29) is 0 Å². The van der Waals surface area contributed by atoms with Crippen LogP contribution in [-0.2, 0) is 0 Å². The molecule has 0 atom stereocenters. The van der Waals surface area contributed by atoms with Crippen LogP contribution in [0.1, 0.15) is 24.2 Å². The van der Waals surface area contributed by atoms with Gasteiger partial charge in [0.15, 0.2) is 0 Å². The van der Waals surface area contributed by atoms with Crippen LogP contribution in [0.25, 0.3) is 0 Å². The van der Waals surface area contributed by atoms with Crippen LogP contribution in [0.15, 0.2) is 18.2 Å². The second-order valence-electron chi connectivity index (χ2n) is 2.62. The van der Waals surface area contributed by atoms with Crippen molar-refractivity contribution in [2.24, 2.45) is 0 Å². The number of benzene rings is 1. The van der Waals surface area contributed by atoms with Crippen LogP contribution >= 0.6 is 11.9 Å². The first kappa shape index (κ1) is 13.8. The Morgan fingerprint density at radius 1 is 1.40 bits per heavy atom. The van der Waals surface area contributed by atoms with Gasteiger partial charge in [0, 0.05) is 18.9 Å². The van der Waals surface area contributed by atoms with Crippen molar-refractivity contribution in [3.63, 3.8) is 0 Å². The Bertz CT molecular complexity index is 315. The van der Waals surface area contributed by atoms with Gasteiger partial charge in [0.25, 0.3) is 0 Å². The van der Waals surface area contributed by atoms with Gasteiger partial charge in [-0.1, -0.05) is 25.8 Å². The van der Waals surface area contributed by atoms with Gasteiger partial charge in [-0.3, -0.25) is 4.79 Å². The third-order valence-electron chi connectivity index (χ3n) is 1.80. The number of rotatable bonds is 3. The Morgan fingerprint density at radius 2 is 2.00 bits per heavy atom. The van der Waals surface area contributed by atoms with Crippen LogP contribution in [0, 0.1) is 0 Å². The predicted octanol–water partition coefficient (Wildman–Crippen LogP) is 2.82. The van der Waals surface area contributed by atoms with Crippen molar-refractivity contribution < 1.29 is 4.79 Å². The van der Waals surface area contributed by atoms with Crippen LogP contribution in [0.4, 0.5) is 11.4 Å². The quantitative estimate of drug-likeness (QED) is 0.489. The summed E-state index contributed by atoms with van der Waals surface area (Å²) in [6.45, 7) is 4.00. The molecule has 0 radical (unpaired) electrons. The summed E-state index contributed by atoms with van der Waals surface area (Å²) in [7, 11) is 1.91. The van der Waals surface area contributed by atoms with Crippen molar-refractivity contribution in [2.75, 3.05) is 23.3 Å². The van der Waals surface area contributed by atoms with Gasteiger partial charge in [0.1, 0.15) is 6.29 Å². The van der Waals surface area contributed by atoms with Crippen molar-refractivity contribution in [3.8, 4) is 0 Å². The van der Waals surface area contributed by atoms with Crippen molar-refractivity contribution >= 4 is 29.6 Å². The van der Waals surface area contributed by atoms with Crippen molar-refractivity contribution in [3.05, 3.63) is 23.8 Å². The Hall–Kier alpha value is -1.16. The first-order chi connectivity index (χ1) is 7.19. The summed E-state index contributed by atoms with van der Waals surface area (Å²) in [6, 6.07) is 5.23. The molecule has 0 fully saturated rings. The van der Waals surface area contributed by atoms with Gasteiger partial charge in [-0.2, -0.15) is 0 Å². The maximum absolute atomic E-state index is 10.5. The number of anilines is 2. The van der Waals surface area contributed by atoms with Gasteiger partial charge in [-0.05, 0) is 18.2 Å². The number of aldehydes is 1. The zero-order valence-corrected chi connectivity index (χ0v) is 10.5. The van der Waals surface area contributed by atoms with E-state index < -0.39 is 0 Å². The maximum Gasteiger partial charge on any atom is 0.150 e. The van der Waals surface area contributed by atoms with E-state index in [9.17, 15) is 4.79 Å². The molecule has 0 bridgehead atoms. The topological polar surface area (TPSA) is 46.3 Å². The van der Waals surface area contributed by atoms with Crippen LogP contribution in [0.5, 0.6) is 0 Å². The summed E-state index contributed by atoms with van der Waals surface area (Å²) in [5, 5.41) is 0. The van der Waals surface area contributed by atoms with Gasteiger partial charge >= 0.3 is 0 Å². The number of carbonyl (C=O) groups is 1. The lowest BCUT2D eigenvalue weighted by Crippen LogP contribution is -2.08. The minimum absolute atomic E-state index is 0.644. The lowest BCUT2D eigenvalue weighted by molar-refractivity contribution is 0.112. The van der Waals surface area contributed by atoms with Gasteiger partial charge in [-0.15, -0.1) is 0 Å². The SMILES string of the molecule is CC.CSN(C)c1cc(C=O)ccc1N. The molecule has 1 rings (SSSR count). The lowest BCUT2D eigenvalue weighted by Gasteiger charge is -2.17. The van der Waals surface area contributed by atoms with Gasteiger partial charge in [0.05, 0.1) is 11.4 Å². The Balaban J connectivity index is 0.000000921. The number of nitrogen functional groups attached to an aromatic ring is 1. The average molecular weight is 226 g/mol. The molecule has 0 spiro atoms. The van der Waals surface area contributed by atoms with Crippen molar-refractivity contribution in [2.45, 2.75) is 13.8 Å². The van der Waals surface area contributed by atoms with E-state index in [2.05, 4.69) is 0 Å². The third-order valence-corrected chi connectivity index (χ3v) is 2.55. The van der Waals surface area contributed by atoms with E-state index in [1.165, 1.54) is 0 Å². The fraction of sp³-hybridized carbons (Fsp3) is 0.364. The monoisotopic (exact) mass is 226 g/mol. The van der Waals surface area contributed by atoms with E-state index >= 15 is 0 Å². The molecule has 4 heteroatoms. The number of hydrogen-bond acceptors (Lipinski definition) is 4. The molecule has 0 aromatic heterocycles. The molecule has 1 aromatic carbocycles. The molecule has 0 heterocycles. The molecule has 0 amide bonds. The molecule has 0 saturated heterocycles. The van der Waals surface area contributed by atoms with Gasteiger partial charge in [-0.25, -0.2) is 0 Å². The highest BCUT2D eigenvalue weighted by atomic mass is 32.2. The van der Waals surface area contributed by atoms with Crippen LogP contribution < -0.4 is 10.0 Å². The molecule has 1 aromatic rings. The molecule has 84 valence electrons. The lowest BCUT2D eigenvalue weighted by atomic mass is 10.2. The molecule has 0 unspecified atom stereocenters. The highest BCUT2D eigenvalue weighted by Crippen LogP contribution is 2.26. The number of nitrogens with two attached hydrogens (primary N) is 1. The fourth-order valence-corrected chi connectivity index (χ4v) is 1.36. The first-order valence-electron chi connectivity index (χ1n) is 4.81. The predicted molar refractivity (Wildman–Crippen MR) is 69.5 cm³/mol. The van der Waals surface area contributed by atoms with E-state index in [4.69, 9.17) is 5.73 Å². The largest absolute Gasteiger partial charge is 0.397 e. The van der Waals surface area contributed by atoms with Gasteiger partial charge < -0.3 is 10.0 Å². The molecule has 3 nitrogen and oxygen atoms in total. The molecular formula is C11H18N2OS. The van der Waals surface area contributed by atoms with Crippen molar-refractivity contribution in [1.82, 2.24) is 0 Å². The second-order valence-corrected chi connectivity index (χ2v) is 3.53. The number of carbonyl (C=O) groups excluding carboxylic acids is 1. The fourth-order valence-electron chi connectivity index (χ4n) is 1.01. The smallest absolute Gasteiger partial charge is 0.150 e. The number of nitrogens with zero attached hydrogens (tertiary/aromatic N) is 1. The second kappa shape index (κ2) is 7.17. The van der Waals surface area contributed by atoms with Gasteiger partial charge in [0.2, 0.25) is 0 Å².